The molecule has 144 valence electrons. The first-order valence-corrected chi connectivity index (χ1v) is 9.41. The first-order valence-electron chi connectivity index (χ1n) is 7.90. The van der Waals surface area contributed by atoms with Crippen molar-refractivity contribution in [1.29, 1.82) is 0 Å². The summed E-state index contributed by atoms with van der Waals surface area (Å²) in [4.78, 5) is 5.08. The Bertz CT molecular complexity index is 679. The molecule has 0 N–H and O–H groups in total. The molecule has 0 saturated heterocycles. The van der Waals surface area contributed by atoms with Gasteiger partial charge in [0.25, 0.3) is 0 Å². The third-order valence-electron chi connectivity index (χ3n) is 3.15. The van der Waals surface area contributed by atoms with Gasteiger partial charge in [0.1, 0.15) is 40.3 Å². The smallest absolute Gasteiger partial charge is 0.138 e. The molecular weight excluding hydrogens is 420 g/mol. The second-order valence-electron chi connectivity index (χ2n) is 5.29. The highest BCUT2D eigenvalue weighted by atomic mass is 35.5. The van der Waals surface area contributed by atoms with Crippen LogP contribution in [-0.2, 0) is 11.3 Å². The van der Waals surface area contributed by atoms with Crippen LogP contribution in [0.3, 0.4) is 0 Å². The van der Waals surface area contributed by atoms with Crippen LogP contribution in [0.15, 0.2) is 38.4 Å². The largest absolute Gasteiger partial charge is 0.489 e. The molecule has 1 rings (SSSR count). The Balaban J connectivity index is 2.72. The molecule has 0 spiro atoms. The van der Waals surface area contributed by atoms with E-state index in [0.717, 1.165) is 29.0 Å². The first-order chi connectivity index (χ1) is 12.3. The molecule has 0 saturated carbocycles. The molecule has 0 aliphatic rings. The SMILES string of the molecule is CCc1cc(OCC=C(Cl)Cl)cc(C)c1OCC(C)=NOCC=C(Cl)Cl. The molecule has 0 amide bonds. The average molecular weight is 441 g/mol. The Morgan fingerprint density at radius 3 is 2.31 bits per heavy atom. The summed E-state index contributed by atoms with van der Waals surface area (Å²) < 4.78 is 11.9. The minimum atomic E-state index is 0.142. The number of oxime groups is 1. The Morgan fingerprint density at radius 2 is 1.69 bits per heavy atom. The van der Waals surface area contributed by atoms with Crippen LogP contribution in [-0.4, -0.2) is 25.5 Å². The van der Waals surface area contributed by atoms with E-state index in [4.69, 9.17) is 60.7 Å². The van der Waals surface area contributed by atoms with Gasteiger partial charge in [-0.15, -0.1) is 0 Å². The topological polar surface area (TPSA) is 40.0 Å². The summed E-state index contributed by atoms with van der Waals surface area (Å²) in [5.41, 5.74) is 2.69. The van der Waals surface area contributed by atoms with E-state index >= 15 is 0 Å². The van der Waals surface area contributed by atoms with Gasteiger partial charge in [-0.1, -0.05) is 58.5 Å². The molecule has 0 bridgehead atoms. The van der Waals surface area contributed by atoms with E-state index in [1.54, 1.807) is 6.08 Å². The fourth-order valence-corrected chi connectivity index (χ4v) is 2.27. The Morgan fingerprint density at radius 1 is 1.04 bits per heavy atom. The number of aryl methyl sites for hydroxylation is 2. The lowest BCUT2D eigenvalue weighted by atomic mass is 10.1. The monoisotopic (exact) mass is 439 g/mol. The number of rotatable bonds is 10. The predicted molar refractivity (Wildman–Crippen MR) is 110 cm³/mol. The van der Waals surface area contributed by atoms with Crippen LogP contribution in [0.4, 0.5) is 0 Å². The van der Waals surface area contributed by atoms with E-state index in [-0.39, 0.29) is 15.6 Å². The molecular formula is C18H21Cl4NO3. The van der Waals surface area contributed by atoms with Gasteiger partial charge in [0.2, 0.25) is 0 Å². The number of nitrogens with zero attached hydrogens (tertiary/aromatic N) is 1. The summed E-state index contributed by atoms with van der Waals surface area (Å²) in [5.74, 6) is 1.54. The zero-order valence-electron chi connectivity index (χ0n) is 14.8. The van der Waals surface area contributed by atoms with Crippen molar-refractivity contribution in [3.8, 4) is 11.5 Å². The van der Waals surface area contributed by atoms with Gasteiger partial charge in [-0.05, 0) is 55.7 Å². The molecule has 0 aliphatic carbocycles. The summed E-state index contributed by atoms with van der Waals surface area (Å²) in [6.45, 7) is 6.62. The van der Waals surface area contributed by atoms with E-state index in [1.807, 2.05) is 32.9 Å². The quantitative estimate of drug-likeness (QED) is 0.242. The average Bonchev–Trinajstić information content (AvgIpc) is 2.56. The Hall–Kier alpha value is -1.07. The summed E-state index contributed by atoms with van der Waals surface area (Å²) in [7, 11) is 0. The zero-order valence-corrected chi connectivity index (χ0v) is 17.8. The van der Waals surface area contributed by atoms with E-state index in [1.165, 1.54) is 6.08 Å². The lowest BCUT2D eigenvalue weighted by Crippen LogP contribution is -2.10. The molecule has 0 aromatic heterocycles. The molecule has 0 aliphatic heterocycles. The number of halogens is 4. The summed E-state index contributed by atoms with van der Waals surface area (Å²) >= 11 is 22.1. The molecule has 0 fully saturated rings. The maximum absolute atomic E-state index is 5.91. The van der Waals surface area contributed by atoms with E-state index in [0.29, 0.717) is 18.9 Å². The van der Waals surface area contributed by atoms with E-state index in [2.05, 4.69) is 5.16 Å². The van der Waals surface area contributed by atoms with Crippen molar-refractivity contribution in [2.24, 2.45) is 5.16 Å². The van der Waals surface area contributed by atoms with Crippen molar-refractivity contribution < 1.29 is 14.3 Å². The van der Waals surface area contributed by atoms with Crippen LogP contribution in [0.25, 0.3) is 0 Å². The summed E-state index contributed by atoms with van der Waals surface area (Å²) in [6.07, 6.45) is 3.89. The summed E-state index contributed by atoms with van der Waals surface area (Å²) in [6, 6.07) is 3.84. The number of benzene rings is 1. The van der Waals surface area contributed by atoms with Gasteiger partial charge in [0.05, 0.1) is 5.71 Å². The van der Waals surface area contributed by atoms with Crippen LogP contribution in [0.1, 0.15) is 25.0 Å². The highest BCUT2D eigenvalue weighted by Crippen LogP contribution is 2.29. The molecule has 8 heteroatoms. The predicted octanol–water partition coefficient (Wildman–Crippen LogP) is 6.35. The maximum atomic E-state index is 5.91. The van der Waals surface area contributed by atoms with Crippen molar-refractivity contribution in [1.82, 2.24) is 0 Å². The zero-order chi connectivity index (χ0) is 19.5. The van der Waals surface area contributed by atoms with Gasteiger partial charge >= 0.3 is 0 Å². The third kappa shape index (κ3) is 9.04. The van der Waals surface area contributed by atoms with E-state index in [9.17, 15) is 0 Å². The number of hydrogen-bond acceptors (Lipinski definition) is 4. The van der Waals surface area contributed by atoms with Gasteiger partial charge in [-0.2, -0.15) is 0 Å². The van der Waals surface area contributed by atoms with Crippen LogP contribution < -0.4 is 9.47 Å². The molecule has 1 aromatic rings. The van der Waals surface area contributed by atoms with Gasteiger partial charge in [-0.25, -0.2) is 0 Å². The second kappa shape index (κ2) is 12.3. The molecule has 4 nitrogen and oxygen atoms in total. The van der Waals surface area contributed by atoms with Gasteiger partial charge in [0.15, 0.2) is 0 Å². The second-order valence-corrected chi connectivity index (χ2v) is 7.31. The van der Waals surface area contributed by atoms with Crippen LogP contribution in [0.2, 0.25) is 0 Å². The molecule has 0 atom stereocenters. The molecule has 26 heavy (non-hydrogen) atoms. The maximum Gasteiger partial charge on any atom is 0.138 e. The Kier molecular flexibility index (Phi) is 10.9. The molecule has 0 radical (unpaired) electrons. The minimum absolute atomic E-state index is 0.142. The van der Waals surface area contributed by atoms with Crippen molar-refractivity contribution >= 4 is 52.1 Å². The van der Waals surface area contributed by atoms with Crippen molar-refractivity contribution in [2.75, 3.05) is 19.8 Å². The van der Waals surface area contributed by atoms with Crippen molar-refractivity contribution in [2.45, 2.75) is 27.2 Å². The lowest BCUT2D eigenvalue weighted by molar-refractivity contribution is 0.172. The molecule has 0 heterocycles. The van der Waals surface area contributed by atoms with Crippen LogP contribution >= 0.6 is 46.4 Å². The van der Waals surface area contributed by atoms with Crippen LogP contribution in [0, 0.1) is 6.92 Å². The number of hydrogen-bond donors (Lipinski definition) is 0. The lowest BCUT2D eigenvalue weighted by Gasteiger charge is -2.15. The van der Waals surface area contributed by atoms with Crippen LogP contribution in [0.5, 0.6) is 11.5 Å². The number of ether oxygens (including phenoxy) is 2. The standard InChI is InChI=1S/C18H21Cl4NO3/c1-4-14-10-15(24-7-5-16(19)20)9-12(2)18(14)25-11-13(3)23-26-8-6-17(21)22/h5-6,9-10H,4,7-8,11H2,1-3H3. The van der Waals surface area contributed by atoms with Gasteiger partial charge < -0.3 is 14.3 Å². The summed E-state index contributed by atoms with van der Waals surface area (Å²) in [5, 5.41) is 3.94. The van der Waals surface area contributed by atoms with E-state index < -0.39 is 0 Å². The normalized spacial score (nSPS) is 11.0. The van der Waals surface area contributed by atoms with Crippen molar-refractivity contribution in [3.63, 3.8) is 0 Å². The highest BCUT2D eigenvalue weighted by Gasteiger charge is 2.10. The third-order valence-corrected chi connectivity index (χ3v) is 3.77. The first kappa shape index (κ1) is 23.0. The fraction of sp³-hybridized carbons (Fsp3) is 0.389. The fourth-order valence-electron chi connectivity index (χ4n) is 2.02. The van der Waals surface area contributed by atoms with Gasteiger partial charge in [-0.3, -0.25) is 0 Å². The molecule has 0 unspecified atom stereocenters. The molecule has 1 aromatic carbocycles. The highest BCUT2D eigenvalue weighted by molar-refractivity contribution is 6.56. The van der Waals surface area contributed by atoms with Crippen molar-refractivity contribution in [3.05, 3.63) is 44.4 Å². The minimum Gasteiger partial charge on any atom is -0.489 e. The van der Waals surface area contributed by atoms with Gasteiger partial charge in [0, 0.05) is 0 Å². The Labute approximate surface area is 174 Å².